The molecule has 2 N–H and O–H groups in total. The van der Waals surface area contributed by atoms with E-state index in [9.17, 15) is 26.4 Å². The molecule has 0 aromatic heterocycles. The van der Waals surface area contributed by atoms with Gasteiger partial charge in [0.25, 0.3) is 0 Å². The maximum Gasteiger partial charge on any atom is 0.417 e. The normalized spacial score (nSPS) is 17.5. The summed E-state index contributed by atoms with van der Waals surface area (Å²) in [4.78, 5) is 12.5. The second-order valence-corrected chi connectivity index (χ2v) is 8.40. The Labute approximate surface area is 154 Å². The third kappa shape index (κ3) is 4.58. The molecule has 1 aromatic rings. The van der Waals surface area contributed by atoms with Gasteiger partial charge in [0.15, 0.2) is 14.6 Å². The predicted molar refractivity (Wildman–Crippen MR) is 92.0 cm³/mol. The molecule has 1 saturated heterocycles. The van der Waals surface area contributed by atoms with Gasteiger partial charge in [0.2, 0.25) is 5.91 Å². The van der Waals surface area contributed by atoms with E-state index in [0.717, 1.165) is 12.3 Å². The van der Waals surface area contributed by atoms with Crippen molar-refractivity contribution in [3.05, 3.63) is 28.8 Å². The highest BCUT2D eigenvalue weighted by atomic mass is 35.5. The molecule has 142 valence electrons. The van der Waals surface area contributed by atoms with Crippen LogP contribution in [0.3, 0.4) is 0 Å². The molecular weight excluding hydrogens is 404 g/mol. The minimum absolute atomic E-state index is 0. The Morgan fingerprint density at radius 3 is 2.32 bits per heavy atom. The van der Waals surface area contributed by atoms with Crippen LogP contribution in [0.5, 0.6) is 0 Å². The van der Waals surface area contributed by atoms with E-state index in [1.165, 1.54) is 6.07 Å². The van der Waals surface area contributed by atoms with Crippen molar-refractivity contribution in [3.8, 4) is 0 Å². The standard InChI is InChI=1S/C14H16ClF3N2O3S.ClH/c1-24(22,23)13(4-6-19-7-5-13)12(21)20-9-2-3-11(15)10(8-9)14(16,17)18;/h2-3,8,19H,4-7H2,1H3,(H,20,21);1H. The van der Waals surface area contributed by atoms with E-state index in [0.29, 0.717) is 19.2 Å². The number of amides is 1. The van der Waals surface area contributed by atoms with Crippen molar-refractivity contribution in [2.24, 2.45) is 0 Å². The maximum atomic E-state index is 12.9. The van der Waals surface area contributed by atoms with Crippen LogP contribution in [0.4, 0.5) is 18.9 Å². The Hall–Kier alpha value is -1.03. The van der Waals surface area contributed by atoms with Gasteiger partial charge in [0.05, 0.1) is 10.6 Å². The highest BCUT2D eigenvalue weighted by Gasteiger charge is 2.48. The fraction of sp³-hybridized carbons (Fsp3) is 0.500. The van der Waals surface area contributed by atoms with Crippen molar-refractivity contribution in [2.45, 2.75) is 23.8 Å². The SMILES string of the molecule is CS(=O)(=O)C1(C(=O)Nc2ccc(Cl)c(C(F)(F)F)c2)CCNCC1.Cl. The van der Waals surface area contributed by atoms with Crippen molar-refractivity contribution >= 4 is 45.4 Å². The molecule has 0 unspecified atom stereocenters. The van der Waals surface area contributed by atoms with Gasteiger partial charge in [-0.15, -0.1) is 12.4 Å². The van der Waals surface area contributed by atoms with Crippen LogP contribution in [0.15, 0.2) is 18.2 Å². The molecular formula is C14H17Cl2F3N2O3S. The number of halogens is 5. The Morgan fingerprint density at radius 1 is 1.28 bits per heavy atom. The van der Waals surface area contributed by atoms with Crippen molar-refractivity contribution in [3.63, 3.8) is 0 Å². The Morgan fingerprint density at radius 2 is 1.84 bits per heavy atom. The van der Waals surface area contributed by atoms with Crippen LogP contribution in [-0.4, -0.2) is 38.4 Å². The number of carbonyl (C=O) groups excluding carboxylic acids is 1. The number of carbonyl (C=O) groups is 1. The van der Waals surface area contributed by atoms with Gasteiger partial charge >= 0.3 is 6.18 Å². The van der Waals surface area contributed by atoms with Gasteiger partial charge in [-0.3, -0.25) is 4.79 Å². The first-order valence-corrected chi connectivity index (χ1v) is 9.33. The lowest BCUT2D eigenvalue weighted by Gasteiger charge is -2.34. The molecule has 0 bridgehead atoms. The van der Waals surface area contributed by atoms with Crippen LogP contribution in [0.25, 0.3) is 0 Å². The number of piperidine rings is 1. The summed E-state index contributed by atoms with van der Waals surface area (Å²) in [5.74, 6) is -0.832. The summed E-state index contributed by atoms with van der Waals surface area (Å²) in [6.07, 6.45) is -3.61. The van der Waals surface area contributed by atoms with Gasteiger partial charge in [-0.1, -0.05) is 11.6 Å². The molecule has 5 nitrogen and oxygen atoms in total. The summed E-state index contributed by atoms with van der Waals surface area (Å²) in [7, 11) is -3.75. The van der Waals surface area contributed by atoms with E-state index in [4.69, 9.17) is 11.6 Å². The van der Waals surface area contributed by atoms with Crippen LogP contribution in [0, 0.1) is 0 Å². The van der Waals surface area contributed by atoms with Crippen molar-refractivity contribution in [2.75, 3.05) is 24.7 Å². The minimum atomic E-state index is -4.68. The molecule has 2 rings (SSSR count). The second-order valence-electron chi connectivity index (χ2n) is 5.66. The number of hydrogen-bond donors (Lipinski definition) is 2. The van der Waals surface area contributed by atoms with Crippen LogP contribution >= 0.6 is 24.0 Å². The van der Waals surface area contributed by atoms with Crippen LogP contribution in [-0.2, 0) is 20.8 Å². The van der Waals surface area contributed by atoms with Crippen molar-refractivity contribution in [1.82, 2.24) is 5.32 Å². The van der Waals surface area contributed by atoms with E-state index in [-0.39, 0.29) is 30.9 Å². The number of anilines is 1. The molecule has 11 heteroatoms. The van der Waals surface area contributed by atoms with Crippen molar-refractivity contribution < 1.29 is 26.4 Å². The number of benzene rings is 1. The summed E-state index contributed by atoms with van der Waals surface area (Å²) in [6.45, 7) is 0.657. The third-order valence-electron chi connectivity index (χ3n) is 4.06. The molecule has 1 fully saturated rings. The lowest BCUT2D eigenvalue weighted by molar-refractivity contribution is -0.137. The summed E-state index contributed by atoms with van der Waals surface area (Å²) in [5.41, 5.74) is -1.25. The molecule has 0 spiro atoms. The van der Waals surface area contributed by atoms with Gasteiger partial charge in [0, 0.05) is 11.9 Å². The summed E-state index contributed by atoms with van der Waals surface area (Å²) >= 11 is 5.53. The predicted octanol–water partition coefficient (Wildman–Crippen LogP) is 2.89. The Bertz CT molecular complexity index is 748. The topological polar surface area (TPSA) is 75.3 Å². The lowest BCUT2D eigenvalue weighted by atomic mass is 9.95. The average Bonchev–Trinajstić information content (AvgIpc) is 2.47. The molecule has 0 aliphatic carbocycles. The monoisotopic (exact) mass is 420 g/mol. The molecule has 1 aromatic carbocycles. The van der Waals surface area contributed by atoms with E-state index in [1.807, 2.05) is 0 Å². The molecule has 0 saturated carbocycles. The largest absolute Gasteiger partial charge is 0.417 e. The Kier molecular flexibility index (Phi) is 6.77. The first-order chi connectivity index (χ1) is 11.0. The van der Waals surface area contributed by atoms with Crippen LogP contribution in [0.2, 0.25) is 5.02 Å². The summed E-state index contributed by atoms with van der Waals surface area (Å²) in [5, 5.41) is 4.75. The van der Waals surface area contributed by atoms with E-state index >= 15 is 0 Å². The third-order valence-corrected chi connectivity index (χ3v) is 6.41. The molecule has 25 heavy (non-hydrogen) atoms. The number of alkyl halides is 3. The van der Waals surface area contributed by atoms with Crippen LogP contribution in [0.1, 0.15) is 18.4 Å². The second kappa shape index (κ2) is 7.69. The van der Waals surface area contributed by atoms with Gasteiger partial charge in [-0.25, -0.2) is 8.42 Å². The number of sulfone groups is 1. The zero-order chi connectivity index (χ0) is 18.2. The minimum Gasteiger partial charge on any atom is -0.325 e. The zero-order valence-electron chi connectivity index (χ0n) is 13.1. The highest BCUT2D eigenvalue weighted by molar-refractivity contribution is 7.92. The molecule has 1 aliphatic heterocycles. The van der Waals surface area contributed by atoms with Gasteiger partial charge < -0.3 is 10.6 Å². The van der Waals surface area contributed by atoms with E-state index in [2.05, 4.69) is 10.6 Å². The fourth-order valence-electron chi connectivity index (χ4n) is 2.66. The molecule has 1 aliphatic rings. The quantitative estimate of drug-likeness (QED) is 0.787. The maximum absolute atomic E-state index is 12.9. The van der Waals surface area contributed by atoms with Crippen LogP contribution < -0.4 is 10.6 Å². The molecule has 0 radical (unpaired) electrons. The summed E-state index contributed by atoms with van der Waals surface area (Å²) < 4.78 is 61.3. The highest BCUT2D eigenvalue weighted by Crippen LogP contribution is 2.37. The fourth-order valence-corrected chi connectivity index (χ4v) is 4.22. The first kappa shape index (κ1) is 22.0. The van der Waals surface area contributed by atoms with E-state index in [1.54, 1.807) is 0 Å². The van der Waals surface area contributed by atoms with Crippen molar-refractivity contribution in [1.29, 1.82) is 0 Å². The van der Waals surface area contributed by atoms with E-state index < -0.39 is 37.3 Å². The summed E-state index contributed by atoms with van der Waals surface area (Å²) in [6, 6.07) is 2.90. The van der Waals surface area contributed by atoms with Gasteiger partial charge in [-0.2, -0.15) is 13.2 Å². The smallest absolute Gasteiger partial charge is 0.325 e. The molecule has 1 heterocycles. The Balaban J connectivity index is 0.00000312. The van der Waals surface area contributed by atoms with Gasteiger partial charge in [0.1, 0.15) is 0 Å². The van der Waals surface area contributed by atoms with Gasteiger partial charge in [-0.05, 0) is 44.1 Å². The zero-order valence-corrected chi connectivity index (χ0v) is 15.5. The lowest BCUT2D eigenvalue weighted by Crippen LogP contribution is -2.55. The number of nitrogens with one attached hydrogen (secondary N) is 2. The molecule has 1 amide bonds. The average molecular weight is 421 g/mol. The number of rotatable bonds is 3. The first-order valence-electron chi connectivity index (χ1n) is 7.06. The number of hydrogen-bond acceptors (Lipinski definition) is 4. The molecule has 0 atom stereocenters.